The highest BCUT2D eigenvalue weighted by atomic mass is 16.5. The average Bonchev–Trinajstić information content (AvgIpc) is 2.81. The fourth-order valence-electron chi connectivity index (χ4n) is 4.32. The Morgan fingerprint density at radius 3 is 2.33 bits per heavy atom. The summed E-state index contributed by atoms with van der Waals surface area (Å²) in [5.74, 6) is -0.312. The third kappa shape index (κ3) is 6.47. The number of rotatable bonds is 8. The fraction of sp³-hybridized carbons (Fsp3) is 0.429. The van der Waals surface area contributed by atoms with Gasteiger partial charge in [0.15, 0.2) is 0 Å². The van der Waals surface area contributed by atoms with E-state index in [1.165, 1.54) is 16.7 Å². The van der Waals surface area contributed by atoms with E-state index in [4.69, 9.17) is 4.74 Å². The molecule has 1 aliphatic rings. The predicted molar refractivity (Wildman–Crippen MR) is 134 cm³/mol. The minimum atomic E-state index is -0.136. The van der Waals surface area contributed by atoms with Crippen molar-refractivity contribution in [2.45, 2.75) is 59.9 Å². The lowest BCUT2D eigenvalue weighted by Crippen LogP contribution is -2.30. The summed E-state index contributed by atoms with van der Waals surface area (Å²) >= 11 is 0. The molecule has 1 amide bonds. The van der Waals surface area contributed by atoms with E-state index in [9.17, 15) is 9.59 Å². The van der Waals surface area contributed by atoms with Crippen molar-refractivity contribution in [3.63, 3.8) is 0 Å². The molecule has 5 heteroatoms. The molecule has 5 nitrogen and oxygen atoms in total. The number of carbonyl (C=O) groups excluding carboxylic acids is 2. The summed E-state index contributed by atoms with van der Waals surface area (Å²) in [6.07, 6.45) is 2.79. The van der Waals surface area contributed by atoms with Crippen LogP contribution in [0.5, 0.6) is 0 Å². The molecule has 1 aliphatic carbocycles. The Morgan fingerprint density at radius 2 is 1.67 bits per heavy atom. The maximum Gasteiger partial charge on any atom is 0.308 e. The highest BCUT2D eigenvalue weighted by Gasteiger charge is 2.31. The van der Waals surface area contributed by atoms with Gasteiger partial charge >= 0.3 is 5.97 Å². The zero-order valence-electron chi connectivity index (χ0n) is 20.3. The van der Waals surface area contributed by atoms with Gasteiger partial charge in [-0.1, -0.05) is 36.4 Å². The summed E-state index contributed by atoms with van der Waals surface area (Å²) in [7, 11) is 0. The number of hydrogen-bond donors (Lipinski definition) is 2. The molecule has 0 aliphatic heterocycles. The zero-order valence-corrected chi connectivity index (χ0v) is 20.3. The lowest BCUT2D eigenvalue weighted by atomic mass is 9.81. The largest absolute Gasteiger partial charge is 0.466 e. The Morgan fingerprint density at radius 1 is 0.970 bits per heavy atom. The molecule has 2 aromatic carbocycles. The number of hydrogen-bond acceptors (Lipinski definition) is 4. The van der Waals surface area contributed by atoms with Gasteiger partial charge in [0.2, 0.25) is 5.91 Å². The van der Waals surface area contributed by atoms with E-state index in [1.807, 2.05) is 32.0 Å². The van der Waals surface area contributed by atoms with E-state index in [2.05, 4.69) is 49.3 Å². The van der Waals surface area contributed by atoms with Gasteiger partial charge in [0.05, 0.1) is 18.2 Å². The van der Waals surface area contributed by atoms with Crippen molar-refractivity contribution in [3.05, 3.63) is 70.8 Å². The molecule has 0 unspecified atom stereocenters. The van der Waals surface area contributed by atoms with Gasteiger partial charge in [0.1, 0.15) is 0 Å². The molecule has 33 heavy (non-hydrogen) atoms. The number of esters is 1. The van der Waals surface area contributed by atoms with Gasteiger partial charge in [-0.05, 0) is 82.2 Å². The van der Waals surface area contributed by atoms with Crippen LogP contribution >= 0.6 is 0 Å². The summed E-state index contributed by atoms with van der Waals surface area (Å²) < 4.78 is 5.14. The van der Waals surface area contributed by atoms with Crippen LogP contribution in [0.15, 0.2) is 43.0 Å². The van der Waals surface area contributed by atoms with Crippen LogP contribution in [0, 0.1) is 32.6 Å². The summed E-state index contributed by atoms with van der Waals surface area (Å²) in [4.78, 5) is 25.0. The second kappa shape index (κ2) is 11.2. The zero-order chi connectivity index (χ0) is 24.0. The number of carbonyl (C=O) groups is 2. The molecule has 0 spiro atoms. The van der Waals surface area contributed by atoms with Crippen molar-refractivity contribution in [1.29, 1.82) is 0 Å². The third-order valence-corrected chi connectivity index (χ3v) is 6.55. The Hall–Kier alpha value is -3.08. The summed E-state index contributed by atoms with van der Waals surface area (Å²) in [5, 5.41) is 6.53. The SMILES string of the molecule is C=C(NCc1ccc(C)c(C)c1)c1cc(C)ccc1NC(=O)C1CCC(C(=O)OCC)CC1. The first-order chi connectivity index (χ1) is 15.8. The van der Waals surface area contributed by atoms with Gasteiger partial charge in [-0.15, -0.1) is 0 Å². The monoisotopic (exact) mass is 448 g/mol. The van der Waals surface area contributed by atoms with Crippen LogP contribution in [0.1, 0.15) is 60.4 Å². The molecule has 0 atom stereocenters. The van der Waals surface area contributed by atoms with E-state index in [0.717, 1.165) is 22.5 Å². The highest BCUT2D eigenvalue weighted by molar-refractivity contribution is 5.95. The molecule has 3 rings (SSSR count). The smallest absolute Gasteiger partial charge is 0.308 e. The summed E-state index contributed by atoms with van der Waals surface area (Å²) in [5.41, 5.74) is 7.27. The second-order valence-electron chi connectivity index (χ2n) is 9.09. The van der Waals surface area contributed by atoms with Gasteiger partial charge in [-0.25, -0.2) is 0 Å². The van der Waals surface area contributed by atoms with Crippen LogP contribution in [0.4, 0.5) is 5.69 Å². The number of nitrogens with one attached hydrogen (secondary N) is 2. The van der Waals surface area contributed by atoms with Gasteiger partial charge in [-0.3, -0.25) is 9.59 Å². The number of anilines is 1. The molecule has 176 valence electrons. The number of aryl methyl sites for hydroxylation is 3. The molecular formula is C28H36N2O3. The topological polar surface area (TPSA) is 67.4 Å². The first-order valence-corrected chi connectivity index (χ1v) is 11.9. The van der Waals surface area contributed by atoms with Gasteiger partial charge in [-0.2, -0.15) is 0 Å². The van der Waals surface area contributed by atoms with Gasteiger partial charge < -0.3 is 15.4 Å². The predicted octanol–water partition coefficient (Wildman–Crippen LogP) is 5.68. The van der Waals surface area contributed by atoms with Crippen molar-refractivity contribution < 1.29 is 14.3 Å². The average molecular weight is 449 g/mol. The molecule has 1 fully saturated rings. The second-order valence-corrected chi connectivity index (χ2v) is 9.09. The maximum atomic E-state index is 13.0. The maximum absolute atomic E-state index is 13.0. The van der Waals surface area contributed by atoms with Crippen LogP contribution in [0.25, 0.3) is 5.70 Å². The van der Waals surface area contributed by atoms with Crippen molar-refractivity contribution in [2.24, 2.45) is 11.8 Å². The molecule has 0 bridgehead atoms. The van der Waals surface area contributed by atoms with E-state index >= 15 is 0 Å². The fourth-order valence-corrected chi connectivity index (χ4v) is 4.32. The van der Waals surface area contributed by atoms with E-state index in [0.29, 0.717) is 38.8 Å². The molecule has 2 aromatic rings. The van der Waals surface area contributed by atoms with Gasteiger partial charge in [0, 0.05) is 23.7 Å². The molecule has 0 aromatic heterocycles. The number of ether oxygens (including phenoxy) is 1. The molecule has 0 radical (unpaired) electrons. The van der Waals surface area contributed by atoms with Crippen molar-refractivity contribution in [2.75, 3.05) is 11.9 Å². The van der Waals surface area contributed by atoms with Crippen molar-refractivity contribution in [1.82, 2.24) is 5.32 Å². The minimum Gasteiger partial charge on any atom is -0.466 e. The van der Waals surface area contributed by atoms with Crippen LogP contribution in [0.3, 0.4) is 0 Å². The number of benzene rings is 2. The normalized spacial score (nSPS) is 17.8. The van der Waals surface area contributed by atoms with Crippen LogP contribution in [0.2, 0.25) is 0 Å². The van der Waals surface area contributed by atoms with E-state index in [1.54, 1.807) is 0 Å². The quantitative estimate of drug-likeness (QED) is 0.510. The lowest BCUT2D eigenvalue weighted by Gasteiger charge is -2.27. The Kier molecular flexibility index (Phi) is 8.32. The van der Waals surface area contributed by atoms with Crippen molar-refractivity contribution in [3.8, 4) is 0 Å². The van der Waals surface area contributed by atoms with Crippen LogP contribution in [-0.4, -0.2) is 18.5 Å². The molecular weight excluding hydrogens is 412 g/mol. The molecule has 0 saturated heterocycles. The summed E-state index contributed by atoms with van der Waals surface area (Å²) in [6.45, 7) is 13.4. The van der Waals surface area contributed by atoms with Crippen LogP contribution in [-0.2, 0) is 20.9 Å². The third-order valence-electron chi connectivity index (χ3n) is 6.55. The Labute approximate surface area is 197 Å². The Bertz CT molecular complexity index is 1020. The molecule has 0 heterocycles. The molecule has 2 N–H and O–H groups in total. The first kappa shape index (κ1) is 24.6. The minimum absolute atomic E-state index is 0.00405. The summed E-state index contributed by atoms with van der Waals surface area (Å²) in [6, 6.07) is 12.4. The van der Waals surface area contributed by atoms with E-state index in [-0.39, 0.29) is 23.7 Å². The van der Waals surface area contributed by atoms with E-state index < -0.39 is 0 Å². The standard InChI is InChI=1S/C28H36N2O3/c1-6-33-28(32)24-12-10-23(11-13-24)27(31)30-26-14-7-18(2)15-25(26)21(5)29-17-22-9-8-19(3)20(4)16-22/h7-9,14-16,23-24,29H,5-6,10-13,17H2,1-4H3,(H,30,31). The highest BCUT2D eigenvalue weighted by Crippen LogP contribution is 2.31. The van der Waals surface area contributed by atoms with Gasteiger partial charge in [0.25, 0.3) is 0 Å². The lowest BCUT2D eigenvalue weighted by molar-refractivity contribution is -0.149. The first-order valence-electron chi connectivity index (χ1n) is 11.9. The van der Waals surface area contributed by atoms with Crippen molar-refractivity contribution >= 4 is 23.3 Å². The Balaban J connectivity index is 1.63. The van der Waals surface area contributed by atoms with Crippen LogP contribution < -0.4 is 10.6 Å². The number of amides is 1. The molecule has 1 saturated carbocycles.